The van der Waals surface area contributed by atoms with E-state index in [0.29, 0.717) is 0 Å². The Kier molecular flexibility index (Phi) is 5.83. The van der Waals surface area contributed by atoms with E-state index in [0.717, 1.165) is 31.7 Å². The van der Waals surface area contributed by atoms with Gasteiger partial charge in [0.25, 0.3) is 0 Å². The highest BCUT2D eigenvalue weighted by atomic mass is 16.5. The molecule has 1 aromatic rings. The molecule has 0 amide bonds. The van der Waals surface area contributed by atoms with Crippen molar-refractivity contribution < 1.29 is 14.6 Å². The molecule has 0 unspecified atom stereocenters. The first-order chi connectivity index (χ1) is 9.67. The van der Waals surface area contributed by atoms with E-state index >= 15 is 0 Å². The first-order valence-corrected chi connectivity index (χ1v) is 7.40. The van der Waals surface area contributed by atoms with E-state index in [1.54, 1.807) is 0 Å². The lowest BCUT2D eigenvalue weighted by Gasteiger charge is -2.14. The minimum Gasteiger partial charge on any atom is -0.491 e. The fraction of sp³-hybridized carbons (Fsp3) is 0.625. The van der Waals surface area contributed by atoms with E-state index in [4.69, 9.17) is 14.6 Å². The summed E-state index contributed by atoms with van der Waals surface area (Å²) in [6, 6.07) is 8.16. The van der Waals surface area contributed by atoms with Crippen LogP contribution >= 0.6 is 0 Å². The molecule has 4 nitrogen and oxygen atoms in total. The number of ether oxygens (including phenoxy) is 2. The second-order valence-electron chi connectivity index (χ2n) is 5.58. The average molecular weight is 279 g/mol. The van der Waals surface area contributed by atoms with Crippen LogP contribution in [0, 0.1) is 0 Å². The summed E-state index contributed by atoms with van der Waals surface area (Å²) >= 11 is 0. The molecule has 1 aromatic carbocycles. The molecule has 1 aliphatic rings. The Hall–Kier alpha value is -1.10. The summed E-state index contributed by atoms with van der Waals surface area (Å²) in [6.07, 6.45) is 2.43. The van der Waals surface area contributed by atoms with Gasteiger partial charge >= 0.3 is 0 Å². The fourth-order valence-corrected chi connectivity index (χ4v) is 2.44. The SMILES string of the molecule is CC(C)Oc1cccc(CNC[C@H]2CC[C@@H](CO)O2)c1. The van der Waals surface area contributed by atoms with Gasteiger partial charge in [0.2, 0.25) is 0 Å². The van der Waals surface area contributed by atoms with Gasteiger partial charge in [0.1, 0.15) is 5.75 Å². The van der Waals surface area contributed by atoms with Gasteiger partial charge in [-0.15, -0.1) is 0 Å². The fourth-order valence-electron chi connectivity index (χ4n) is 2.44. The summed E-state index contributed by atoms with van der Waals surface area (Å²) in [7, 11) is 0. The molecule has 0 spiro atoms. The first kappa shape index (κ1) is 15.3. The van der Waals surface area contributed by atoms with E-state index in [1.165, 1.54) is 5.56 Å². The van der Waals surface area contributed by atoms with Crippen molar-refractivity contribution in [3.8, 4) is 5.75 Å². The van der Waals surface area contributed by atoms with Crippen molar-refractivity contribution in [1.29, 1.82) is 0 Å². The molecule has 2 rings (SSSR count). The standard InChI is InChI=1S/C16H25NO3/c1-12(2)19-14-5-3-4-13(8-14)9-17-10-15-6-7-16(11-18)20-15/h3-5,8,12,15-18H,6-7,9-11H2,1-2H3/t15-,16+/m1/s1. The van der Waals surface area contributed by atoms with Crippen LogP contribution in [0.25, 0.3) is 0 Å². The molecule has 1 heterocycles. The molecule has 2 N–H and O–H groups in total. The lowest BCUT2D eigenvalue weighted by atomic mass is 10.2. The van der Waals surface area contributed by atoms with Gasteiger partial charge in [0, 0.05) is 13.1 Å². The largest absolute Gasteiger partial charge is 0.491 e. The summed E-state index contributed by atoms with van der Waals surface area (Å²) in [4.78, 5) is 0. The van der Waals surface area contributed by atoms with Gasteiger partial charge in [0.05, 0.1) is 24.9 Å². The topological polar surface area (TPSA) is 50.7 Å². The molecule has 0 bridgehead atoms. The molecule has 0 radical (unpaired) electrons. The Labute approximate surface area is 121 Å². The minimum atomic E-state index is 0.0320. The van der Waals surface area contributed by atoms with Crippen LogP contribution in [-0.4, -0.2) is 36.6 Å². The zero-order chi connectivity index (χ0) is 14.4. The quantitative estimate of drug-likeness (QED) is 0.802. The van der Waals surface area contributed by atoms with E-state index in [1.807, 2.05) is 26.0 Å². The van der Waals surface area contributed by atoms with Crippen LogP contribution in [0.4, 0.5) is 0 Å². The number of hydrogen-bond donors (Lipinski definition) is 2. The monoisotopic (exact) mass is 279 g/mol. The minimum absolute atomic E-state index is 0.0320. The van der Waals surface area contributed by atoms with Crippen LogP contribution in [0.15, 0.2) is 24.3 Å². The number of aliphatic hydroxyl groups is 1. The van der Waals surface area contributed by atoms with Gasteiger partial charge in [-0.3, -0.25) is 0 Å². The molecule has 1 fully saturated rings. The third-order valence-electron chi connectivity index (χ3n) is 3.37. The lowest BCUT2D eigenvalue weighted by molar-refractivity contribution is 0.0123. The zero-order valence-corrected chi connectivity index (χ0v) is 12.3. The average Bonchev–Trinajstić information content (AvgIpc) is 2.86. The summed E-state index contributed by atoms with van der Waals surface area (Å²) in [5, 5.41) is 12.4. The van der Waals surface area contributed by atoms with Gasteiger partial charge in [0.15, 0.2) is 0 Å². The molecule has 0 saturated carbocycles. The van der Waals surface area contributed by atoms with Crippen LogP contribution in [0.1, 0.15) is 32.3 Å². The van der Waals surface area contributed by atoms with Crippen molar-refractivity contribution in [3.05, 3.63) is 29.8 Å². The van der Waals surface area contributed by atoms with Crippen molar-refractivity contribution in [3.63, 3.8) is 0 Å². The second kappa shape index (κ2) is 7.62. The number of aliphatic hydroxyl groups excluding tert-OH is 1. The summed E-state index contributed by atoms with van der Waals surface area (Å²) in [5.74, 6) is 0.914. The number of nitrogens with one attached hydrogen (secondary N) is 1. The Morgan fingerprint density at radius 2 is 2.15 bits per heavy atom. The second-order valence-corrected chi connectivity index (χ2v) is 5.58. The van der Waals surface area contributed by atoms with Gasteiger partial charge in [-0.05, 0) is 44.4 Å². The maximum absolute atomic E-state index is 9.03. The first-order valence-electron chi connectivity index (χ1n) is 7.40. The molecule has 2 atom stereocenters. The van der Waals surface area contributed by atoms with Crippen molar-refractivity contribution in [2.45, 2.75) is 51.5 Å². The molecule has 1 aliphatic heterocycles. The smallest absolute Gasteiger partial charge is 0.120 e. The Balaban J connectivity index is 1.74. The van der Waals surface area contributed by atoms with Gasteiger partial charge < -0.3 is 19.9 Å². The molecule has 20 heavy (non-hydrogen) atoms. The van der Waals surface area contributed by atoms with Crippen molar-refractivity contribution in [2.24, 2.45) is 0 Å². The third kappa shape index (κ3) is 4.78. The molecule has 4 heteroatoms. The number of hydrogen-bond acceptors (Lipinski definition) is 4. The van der Waals surface area contributed by atoms with Gasteiger partial charge in [-0.1, -0.05) is 12.1 Å². The van der Waals surface area contributed by atoms with Crippen LogP contribution in [0.2, 0.25) is 0 Å². The van der Waals surface area contributed by atoms with Crippen LogP contribution in [-0.2, 0) is 11.3 Å². The Morgan fingerprint density at radius 3 is 2.85 bits per heavy atom. The highest BCUT2D eigenvalue weighted by Crippen LogP contribution is 2.19. The van der Waals surface area contributed by atoms with E-state index in [9.17, 15) is 0 Å². The Morgan fingerprint density at radius 1 is 1.35 bits per heavy atom. The predicted octanol–water partition coefficient (Wildman–Crippen LogP) is 2.10. The summed E-state index contributed by atoms with van der Waals surface area (Å²) in [5.41, 5.74) is 1.21. The maximum atomic E-state index is 9.03. The molecule has 1 saturated heterocycles. The van der Waals surface area contributed by atoms with Crippen LogP contribution in [0.5, 0.6) is 5.75 Å². The van der Waals surface area contributed by atoms with E-state index in [-0.39, 0.29) is 24.9 Å². The molecule has 0 aliphatic carbocycles. The van der Waals surface area contributed by atoms with Crippen molar-refractivity contribution in [1.82, 2.24) is 5.32 Å². The third-order valence-corrected chi connectivity index (χ3v) is 3.37. The van der Waals surface area contributed by atoms with Crippen LogP contribution in [0.3, 0.4) is 0 Å². The predicted molar refractivity (Wildman–Crippen MR) is 78.9 cm³/mol. The molecular weight excluding hydrogens is 254 g/mol. The van der Waals surface area contributed by atoms with Gasteiger partial charge in [-0.2, -0.15) is 0 Å². The molecule has 0 aromatic heterocycles. The van der Waals surface area contributed by atoms with E-state index < -0.39 is 0 Å². The summed E-state index contributed by atoms with van der Waals surface area (Å²) in [6.45, 7) is 5.82. The Bertz CT molecular complexity index is 408. The normalized spacial score (nSPS) is 22.4. The molecular formula is C16H25NO3. The number of benzene rings is 1. The van der Waals surface area contributed by atoms with E-state index in [2.05, 4.69) is 17.4 Å². The van der Waals surface area contributed by atoms with Crippen LogP contribution < -0.4 is 10.1 Å². The number of rotatable bonds is 7. The molecule has 112 valence electrons. The summed E-state index contributed by atoms with van der Waals surface area (Å²) < 4.78 is 11.4. The zero-order valence-electron chi connectivity index (χ0n) is 12.3. The maximum Gasteiger partial charge on any atom is 0.120 e. The highest BCUT2D eigenvalue weighted by Gasteiger charge is 2.23. The highest BCUT2D eigenvalue weighted by molar-refractivity contribution is 5.28. The van der Waals surface area contributed by atoms with Crippen molar-refractivity contribution >= 4 is 0 Å². The lowest BCUT2D eigenvalue weighted by Crippen LogP contribution is -2.27. The van der Waals surface area contributed by atoms with Crippen molar-refractivity contribution in [2.75, 3.05) is 13.2 Å². The van der Waals surface area contributed by atoms with Gasteiger partial charge in [-0.25, -0.2) is 0 Å².